The third kappa shape index (κ3) is 3.80. The molecule has 0 bridgehead atoms. The number of fused-ring (bicyclic) bond motifs is 3. The van der Waals surface area contributed by atoms with Crippen molar-refractivity contribution < 1.29 is 9.26 Å². The molecule has 1 aliphatic carbocycles. The first-order valence-electron chi connectivity index (χ1n) is 11.9. The van der Waals surface area contributed by atoms with E-state index >= 15 is 0 Å². The van der Waals surface area contributed by atoms with Gasteiger partial charge in [-0.1, -0.05) is 29.6 Å². The van der Waals surface area contributed by atoms with Gasteiger partial charge in [0.25, 0.3) is 5.56 Å². The van der Waals surface area contributed by atoms with Crippen LogP contribution in [0.3, 0.4) is 0 Å². The van der Waals surface area contributed by atoms with Gasteiger partial charge >= 0.3 is 0 Å². The summed E-state index contributed by atoms with van der Waals surface area (Å²) >= 11 is 6.37. The lowest BCUT2D eigenvalue weighted by Gasteiger charge is -2.27. The zero-order valence-corrected chi connectivity index (χ0v) is 19.9. The van der Waals surface area contributed by atoms with Gasteiger partial charge in [-0.25, -0.2) is 4.98 Å². The summed E-state index contributed by atoms with van der Waals surface area (Å²) in [5, 5.41) is 14.3. The second-order valence-corrected chi connectivity index (χ2v) is 9.47. The Hall–Kier alpha value is -3.26. The van der Waals surface area contributed by atoms with Crippen LogP contribution in [0.4, 0.5) is 0 Å². The first kappa shape index (κ1) is 22.2. The molecule has 0 spiro atoms. The van der Waals surface area contributed by atoms with Crippen molar-refractivity contribution >= 4 is 28.2 Å². The monoisotopic (exact) mass is 493 g/mol. The van der Waals surface area contributed by atoms with E-state index in [1.807, 2.05) is 6.07 Å². The molecule has 0 atom stereocenters. The van der Waals surface area contributed by atoms with Gasteiger partial charge in [0.1, 0.15) is 23.6 Å². The van der Waals surface area contributed by atoms with Gasteiger partial charge in [0.2, 0.25) is 11.7 Å². The molecule has 2 aliphatic rings. The van der Waals surface area contributed by atoms with Gasteiger partial charge in [0.15, 0.2) is 0 Å². The molecular weight excluding hydrogens is 470 g/mol. The van der Waals surface area contributed by atoms with E-state index in [2.05, 4.69) is 26.1 Å². The average molecular weight is 494 g/mol. The van der Waals surface area contributed by atoms with E-state index in [9.17, 15) is 10.1 Å². The van der Waals surface area contributed by atoms with E-state index in [0.717, 1.165) is 38.8 Å². The van der Waals surface area contributed by atoms with Crippen molar-refractivity contribution in [1.82, 2.24) is 29.0 Å². The van der Waals surface area contributed by atoms with Crippen LogP contribution in [0.15, 0.2) is 27.8 Å². The van der Waals surface area contributed by atoms with Crippen LogP contribution in [0.1, 0.15) is 43.1 Å². The summed E-state index contributed by atoms with van der Waals surface area (Å²) < 4.78 is 14.3. The minimum Gasteiger partial charge on any atom is -0.379 e. The Balaban J connectivity index is 1.52. The van der Waals surface area contributed by atoms with E-state index in [1.165, 1.54) is 0 Å². The third-order valence-electron chi connectivity index (χ3n) is 7.06. The molecule has 0 unspecified atom stereocenters. The molecule has 35 heavy (non-hydrogen) atoms. The zero-order valence-electron chi connectivity index (χ0n) is 19.1. The van der Waals surface area contributed by atoms with Gasteiger partial charge in [-0.15, -0.1) is 0 Å². The second kappa shape index (κ2) is 9.07. The predicted octanol–water partition coefficient (Wildman–Crippen LogP) is 3.21. The molecule has 180 valence electrons. The molecule has 1 aromatic carbocycles. The van der Waals surface area contributed by atoms with Gasteiger partial charge in [0, 0.05) is 32.1 Å². The van der Waals surface area contributed by atoms with E-state index < -0.39 is 0 Å². The highest BCUT2D eigenvalue weighted by atomic mass is 35.5. The molecule has 2 fully saturated rings. The van der Waals surface area contributed by atoms with Gasteiger partial charge in [-0.3, -0.25) is 14.1 Å². The highest BCUT2D eigenvalue weighted by Crippen LogP contribution is 2.34. The molecule has 0 amide bonds. The zero-order chi connectivity index (χ0) is 23.9. The van der Waals surface area contributed by atoms with Crippen LogP contribution in [0.25, 0.3) is 28.1 Å². The summed E-state index contributed by atoms with van der Waals surface area (Å²) in [6.45, 7) is 3.96. The van der Waals surface area contributed by atoms with Crippen molar-refractivity contribution in [1.29, 1.82) is 5.26 Å². The second-order valence-electron chi connectivity index (χ2n) is 9.06. The third-order valence-corrected chi connectivity index (χ3v) is 7.38. The van der Waals surface area contributed by atoms with Gasteiger partial charge < -0.3 is 13.8 Å². The largest absolute Gasteiger partial charge is 0.379 e. The Bertz CT molecular complexity index is 1500. The number of hydrogen-bond acceptors (Lipinski definition) is 8. The summed E-state index contributed by atoms with van der Waals surface area (Å²) in [6, 6.07) is 5.66. The molecule has 1 saturated heterocycles. The van der Waals surface area contributed by atoms with Crippen molar-refractivity contribution in [3.8, 4) is 17.6 Å². The molecule has 4 aromatic rings. The number of benzene rings is 1. The van der Waals surface area contributed by atoms with Crippen LogP contribution in [0, 0.1) is 11.3 Å². The normalized spacial score (nSPS) is 17.5. The highest BCUT2D eigenvalue weighted by Gasteiger charge is 2.26. The van der Waals surface area contributed by atoms with E-state index in [1.54, 1.807) is 21.4 Å². The highest BCUT2D eigenvalue weighted by molar-refractivity contribution is 6.32. The minimum absolute atomic E-state index is 0.261. The Labute approximate surface area is 205 Å². The predicted molar refractivity (Wildman–Crippen MR) is 128 cm³/mol. The minimum atomic E-state index is -0.274. The summed E-state index contributed by atoms with van der Waals surface area (Å²) in [7, 11) is 0. The lowest BCUT2D eigenvalue weighted by atomic mass is 10.1. The van der Waals surface area contributed by atoms with E-state index in [0.29, 0.717) is 65.3 Å². The van der Waals surface area contributed by atoms with Crippen molar-refractivity contribution in [2.75, 3.05) is 32.8 Å². The Morgan fingerprint density at radius 1 is 1.14 bits per heavy atom. The molecule has 10 nitrogen and oxygen atoms in total. The molecule has 6 rings (SSSR count). The average Bonchev–Trinajstić information content (AvgIpc) is 3.65. The van der Waals surface area contributed by atoms with Crippen LogP contribution in [0.2, 0.25) is 5.02 Å². The number of rotatable bonds is 5. The maximum Gasteiger partial charge on any atom is 0.277 e. The smallest absolute Gasteiger partial charge is 0.277 e. The van der Waals surface area contributed by atoms with Gasteiger partial charge in [-0.2, -0.15) is 10.2 Å². The van der Waals surface area contributed by atoms with E-state index in [-0.39, 0.29) is 17.0 Å². The van der Waals surface area contributed by atoms with Crippen LogP contribution in [-0.4, -0.2) is 61.8 Å². The summed E-state index contributed by atoms with van der Waals surface area (Å²) in [5.74, 6) is 1.17. The number of nitriles is 1. The van der Waals surface area contributed by atoms with Crippen LogP contribution in [-0.2, 0) is 11.3 Å². The number of hydrogen-bond donors (Lipinski definition) is 0. The molecule has 3 aromatic heterocycles. The molecule has 1 saturated carbocycles. The summed E-state index contributed by atoms with van der Waals surface area (Å²) in [4.78, 5) is 25.3. The number of morpholine rings is 1. The van der Waals surface area contributed by atoms with Crippen molar-refractivity contribution in [3.63, 3.8) is 0 Å². The Morgan fingerprint density at radius 3 is 2.71 bits per heavy atom. The Kier molecular flexibility index (Phi) is 5.76. The topological polar surface area (TPSA) is 114 Å². The molecule has 0 N–H and O–H groups in total. The van der Waals surface area contributed by atoms with Crippen molar-refractivity contribution in [3.05, 3.63) is 45.3 Å². The SMILES string of the molecule is N#Cc1c(Cl)ccc2c1n(CCN1CCOCC1)c(=O)c1c(-c3noc(C4CCCC4)n3)ncn12. The molecule has 11 heteroatoms. The molecule has 4 heterocycles. The number of ether oxygens (including phenoxy) is 1. The maximum atomic E-state index is 13.9. The first-order valence-corrected chi connectivity index (χ1v) is 12.3. The van der Waals surface area contributed by atoms with Crippen LogP contribution >= 0.6 is 11.6 Å². The van der Waals surface area contributed by atoms with Gasteiger partial charge in [0.05, 0.1) is 34.8 Å². The molecule has 1 aliphatic heterocycles. The number of nitrogens with zero attached hydrogens (tertiary/aromatic N) is 7. The van der Waals surface area contributed by atoms with E-state index in [4.69, 9.17) is 20.9 Å². The summed E-state index contributed by atoms with van der Waals surface area (Å²) in [6.07, 6.45) is 5.94. The fourth-order valence-corrected chi connectivity index (χ4v) is 5.40. The number of halogens is 1. The number of imidazole rings is 1. The summed E-state index contributed by atoms with van der Waals surface area (Å²) in [5.41, 5.74) is 1.88. The number of aromatic nitrogens is 5. The van der Waals surface area contributed by atoms with Crippen molar-refractivity contribution in [2.24, 2.45) is 0 Å². The maximum absolute atomic E-state index is 13.9. The first-order chi connectivity index (χ1) is 17.2. The fourth-order valence-electron chi connectivity index (χ4n) is 5.21. The quantitative estimate of drug-likeness (QED) is 0.416. The lowest BCUT2D eigenvalue weighted by Crippen LogP contribution is -2.39. The fraction of sp³-hybridized carbons (Fsp3) is 0.458. The van der Waals surface area contributed by atoms with Crippen LogP contribution in [0.5, 0.6) is 0 Å². The Morgan fingerprint density at radius 2 is 1.94 bits per heavy atom. The molecular formula is C24H24ClN7O3. The standard InChI is InChI=1S/C24H24ClN7O3/c25-17-5-6-18-20(16(17)13-26)31(8-7-30-9-11-34-12-10-30)24(33)21-19(27-14-32(18)21)22-28-23(35-29-22)15-3-1-2-4-15/h5-6,14-15H,1-4,7-12H2. The van der Waals surface area contributed by atoms with Crippen LogP contribution < -0.4 is 5.56 Å². The van der Waals surface area contributed by atoms with Gasteiger partial charge in [-0.05, 0) is 25.0 Å². The molecule has 0 radical (unpaired) electrons. The van der Waals surface area contributed by atoms with Crippen molar-refractivity contribution in [2.45, 2.75) is 38.1 Å². The lowest BCUT2D eigenvalue weighted by molar-refractivity contribution is 0.0364.